The average molecular weight is 303 g/mol. The van der Waals surface area contributed by atoms with E-state index in [1.165, 1.54) is 43.5 Å². The summed E-state index contributed by atoms with van der Waals surface area (Å²) in [5, 5.41) is 1.27. The van der Waals surface area contributed by atoms with Crippen LogP contribution in [0.4, 0.5) is 0 Å². The van der Waals surface area contributed by atoms with E-state index in [4.69, 9.17) is 4.98 Å². The lowest BCUT2D eigenvalue weighted by Gasteiger charge is -2.64. The third-order valence-electron chi connectivity index (χ3n) is 6.20. The first-order valence-corrected chi connectivity index (χ1v) is 9.03. The highest BCUT2D eigenvalue weighted by Crippen LogP contribution is 2.70. The summed E-state index contributed by atoms with van der Waals surface area (Å²) < 4.78 is 0. The topological polar surface area (TPSA) is 30.0 Å². The van der Waals surface area contributed by atoms with Crippen LogP contribution in [0.2, 0.25) is 0 Å². The van der Waals surface area contributed by atoms with Gasteiger partial charge in [-0.15, -0.1) is 11.3 Å². The van der Waals surface area contributed by atoms with Crippen LogP contribution in [0, 0.1) is 23.7 Å². The molecule has 4 saturated carbocycles. The fraction of sp³-hybridized carbons (Fsp3) is 0.778. The van der Waals surface area contributed by atoms with Gasteiger partial charge >= 0.3 is 0 Å². The molecule has 2 atom stereocenters. The quantitative estimate of drug-likeness (QED) is 0.727. The van der Waals surface area contributed by atoms with Gasteiger partial charge in [0.15, 0.2) is 5.78 Å². The number of aromatic nitrogens is 1. The second-order valence-corrected chi connectivity index (χ2v) is 9.90. The van der Waals surface area contributed by atoms with Crippen molar-refractivity contribution in [1.82, 2.24) is 4.98 Å². The van der Waals surface area contributed by atoms with E-state index in [2.05, 4.69) is 13.8 Å². The van der Waals surface area contributed by atoms with Crippen molar-refractivity contribution in [3.63, 3.8) is 0 Å². The smallest absolute Gasteiger partial charge is 0.171 e. The van der Waals surface area contributed by atoms with E-state index in [0.717, 1.165) is 16.5 Å². The number of nitrogens with zero attached hydrogens (tertiary/aromatic N) is 1. The van der Waals surface area contributed by atoms with Crippen LogP contribution in [-0.4, -0.2) is 10.8 Å². The van der Waals surface area contributed by atoms with E-state index < -0.39 is 0 Å². The molecule has 21 heavy (non-hydrogen) atoms. The molecule has 4 bridgehead atoms. The van der Waals surface area contributed by atoms with E-state index in [-0.39, 0.29) is 11.2 Å². The molecule has 0 saturated heterocycles. The van der Waals surface area contributed by atoms with Gasteiger partial charge in [0.25, 0.3) is 0 Å². The van der Waals surface area contributed by atoms with Crippen molar-refractivity contribution in [2.45, 2.75) is 71.6 Å². The number of ketones is 1. The van der Waals surface area contributed by atoms with E-state index in [1.54, 1.807) is 18.3 Å². The van der Waals surface area contributed by atoms with Crippen LogP contribution < -0.4 is 0 Å². The SMILES string of the molecule is CC(=O)c1sc(C23CC4CC(C)(CC(C)(C4)C2)C3)nc1C. The minimum Gasteiger partial charge on any atom is -0.294 e. The van der Waals surface area contributed by atoms with Gasteiger partial charge in [0.1, 0.15) is 0 Å². The van der Waals surface area contributed by atoms with Crippen molar-refractivity contribution in [2.24, 2.45) is 16.7 Å². The lowest BCUT2D eigenvalue weighted by molar-refractivity contribution is -0.110. The summed E-state index contributed by atoms with van der Waals surface area (Å²) in [5.41, 5.74) is 2.23. The predicted molar refractivity (Wildman–Crippen MR) is 85.9 cm³/mol. The Hall–Kier alpha value is -0.700. The second-order valence-electron chi connectivity index (χ2n) is 8.90. The first-order chi connectivity index (χ1) is 9.73. The number of hydrogen-bond donors (Lipinski definition) is 0. The highest BCUT2D eigenvalue weighted by molar-refractivity contribution is 7.14. The minimum absolute atomic E-state index is 0.179. The molecule has 0 N–H and O–H groups in total. The highest BCUT2D eigenvalue weighted by atomic mass is 32.1. The Kier molecular flexibility index (Phi) is 2.64. The van der Waals surface area contributed by atoms with Crippen molar-refractivity contribution in [3.05, 3.63) is 15.6 Å². The van der Waals surface area contributed by atoms with Gasteiger partial charge in [0.05, 0.1) is 15.6 Å². The van der Waals surface area contributed by atoms with Crippen LogP contribution in [0.5, 0.6) is 0 Å². The molecule has 1 heterocycles. The fourth-order valence-corrected chi connectivity index (χ4v) is 7.79. The van der Waals surface area contributed by atoms with Crippen LogP contribution in [0.3, 0.4) is 0 Å². The average Bonchev–Trinajstić information content (AvgIpc) is 2.67. The Labute approximate surface area is 131 Å². The second kappa shape index (κ2) is 3.98. The summed E-state index contributed by atoms with van der Waals surface area (Å²) >= 11 is 1.69. The van der Waals surface area contributed by atoms with Crippen LogP contribution in [0.25, 0.3) is 0 Å². The largest absolute Gasteiger partial charge is 0.294 e. The zero-order valence-electron chi connectivity index (χ0n) is 13.6. The monoisotopic (exact) mass is 303 g/mol. The van der Waals surface area contributed by atoms with E-state index in [9.17, 15) is 4.79 Å². The molecule has 1 aromatic rings. The Balaban J connectivity index is 1.81. The van der Waals surface area contributed by atoms with Crippen LogP contribution >= 0.6 is 11.3 Å². The Morgan fingerprint density at radius 1 is 1.14 bits per heavy atom. The van der Waals surface area contributed by atoms with Crippen molar-refractivity contribution in [3.8, 4) is 0 Å². The van der Waals surface area contributed by atoms with E-state index in [1.807, 2.05) is 6.92 Å². The molecular weight excluding hydrogens is 278 g/mol. The zero-order chi connectivity index (χ0) is 15.0. The fourth-order valence-electron chi connectivity index (χ4n) is 6.64. The number of carbonyl (C=O) groups excluding carboxylic acids is 1. The predicted octanol–water partition coefficient (Wildman–Crippen LogP) is 4.90. The van der Waals surface area contributed by atoms with Crippen LogP contribution in [0.1, 0.15) is 79.7 Å². The minimum atomic E-state index is 0.179. The summed E-state index contributed by atoms with van der Waals surface area (Å²) in [6.45, 7) is 8.67. The summed E-state index contributed by atoms with van der Waals surface area (Å²) in [5.74, 6) is 1.06. The van der Waals surface area contributed by atoms with Gasteiger partial charge in [-0.2, -0.15) is 0 Å². The zero-order valence-corrected chi connectivity index (χ0v) is 14.4. The molecule has 4 fully saturated rings. The van der Waals surface area contributed by atoms with Crippen molar-refractivity contribution < 1.29 is 4.79 Å². The summed E-state index contributed by atoms with van der Waals surface area (Å²) in [6.07, 6.45) is 8.10. The Morgan fingerprint density at radius 3 is 2.24 bits per heavy atom. The van der Waals surface area contributed by atoms with Crippen molar-refractivity contribution in [1.29, 1.82) is 0 Å². The molecule has 1 aromatic heterocycles. The maximum absolute atomic E-state index is 11.8. The third kappa shape index (κ3) is 1.96. The number of rotatable bonds is 2. The molecule has 0 aliphatic heterocycles. The molecule has 0 amide bonds. The van der Waals surface area contributed by atoms with Crippen molar-refractivity contribution >= 4 is 17.1 Å². The maximum atomic E-state index is 11.8. The van der Waals surface area contributed by atoms with Gasteiger partial charge in [-0.1, -0.05) is 13.8 Å². The highest BCUT2D eigenvalue weighted by Gasteiger charge is 2.61. The Bertz CT molecular complexity index is 613. The lowest BCUT2D eigenvalue weighted by Crippen LogP contribution is -2.56. The van der Waals surface area contributed by atoms with Crippen LogP contribution in [0.15, 0.2) is 0 Å². The summed E-state index contributed by atoms with van der Waals surface area (Å²) in [4.78, 5) is 17.6. The third-order valence-corrected chi connectivity index (χ3v) is 7.70. The number of hydrogen-bond acceptors (Lipinski definition) is 3. The number of Topliss-reactive ketones (excluding diaryl/α,β-unsaturated/α-hetero) is 1. The standard InChI is InChI=1S/C18H25NOS/c1-11-14(12(2)20)21-15(19-11)18-7-13-5-16(3,9-18)8-17(4,6-13)10-18/h13H,5-10H2,1-4H3. The van der Waals surface area contributed by atoms with Gasteiger partial charge in [-0.05, 0) is 62.2 Å². The van der Waals surface area contributed by atoms with Gasteiger partial charge in [0.2, 0.25) is 0 Å². The van der Waals surface area contributed by atoms with Crippen molar-refractivity contribution in [2.75, 3.05) is 0 Å². The molecule has 0 radical (unpaired) electrons. The van der Waals surface area contributed by atoms with E-state index in [0.29, 0.717) is 10.8 Å². The van der Waals surface area contributed by atoms with Gasteiger partial charge in [-0.25, -0.2) is 4.98 Å². The van der Waals surface area contributed by atoms with E-state index >= 15 is 0 Å². The number of thiazole rings is 1. The number of carbonyl (C=O) groups is 1. The molecule has 0 spiro atoms. The van der Waals surface area contributed by atoms with Crippen LogP contribution in [-0.2, 0) is 5.41 Å². The Morgan fingerprint density at radius 2 is 1.76 bits per heavy atom. The molecule has 5 rings (SSSR count). The molecule has 4 aliphatic rings. The molecule has 4 aliphatic carbocycles. The molecular formula is C18H25NOS. The molecule has 0 aromatic carbocycles. The first kappa shape index (κ1) is 13.9. The molecule has 2 unspecified atom stereocenters. The summed E-state index contributed by atoms with van der Waals surface area (Å²) in [6, 6.07) is 0. The maximum Gasteiger partial charge on any atom is 0.171 e. The van der Waals surface area contributed by atoms with Gasteiger partial charge in [-0.3, -0.25) is 4.79 Å². The molecule has 2 nitrogen and oxygen atoms in total. The molecule has 114 valence electrons. The lowest BCUT2D eigenvalue weighted by atomic mass is 9.40. The van der Waals surface area contributed by atoms with Gasteiger partial charge in [0, 0.05) is 12.3 Å². The number of aryl methyl sites for hydroxylation is 1. The van der Waals surface area contributed by atoms with Gasteiger partial charge < -0.3 is 0 Å². The normalized spacial score (nSPS) is 44.3. The molecule has 3 heteroatoms. The summed E-state index contributed by atoms with van der Waals surface area (Å²) in [7, 11) is 0. The first-order valence-electron chi connectivity index (χ1n) is 8.22.